The number of H-pyrrole nitrogens is 1. The van der Waals surface area contributed by atoms with Gasteiger partial charge in [-0.1, -0.05) is 40.7 Å². The minimum Gasteiger partial charge on any atom is -0.368 e. The van der Waals surface area contributed by atoms with Gasteiger partial charge >= 0.3 is 0 Å². The van der Waals surface area contributed by atoms with Gasteiger partial charge in [-0.15, -0.1) is 5.10 Å². The first kappa shape index (κ1) is 12.9. The number of hydrogen-bond acceptors (Lipinski definition) is 7. The number of nitrogen functional groups attached to an aromatic ring is 1. The van der Waals surface area contributed by atoms with Crippen molar-refractivity contribution in [2.75, 3.05) is 5.73 Å². The number of benzene rings is 1. The molecule has 0 radical (unpaired) electrons. The molecule has 2 aromatic heterocycles. The Morgan fingerprint density at radius 3 is 3.00 bits per heavy atom. The van der Waals surface area contributed by atoms with Crippen molar-refractivity contribution < 1.29 is 4.52 Å². The molecule has 0 spiro atoms. The largest absolute Gasteiger partial charge is 0.368 e. The van der Waals surface area contributed by atoms with Gasteiger partial charge in [-0.2, -0.15) is 9.97 Å². The molecule has 0 aliphatic heterocycles. The molecule has 0 aliphatic carbocycles. The molecule has 9 heteroatoms. The number of aromatic amines is 1. The van der Waals surface area contributed by atoms with Gasteiger partial charge in [-0.3, -0.25) is 0 Å². The average molecular weight is 309 g/mol. The first-order chi connectivity index (χ1) is 9.70. The highest BCUT2D eigenvalue weighted by atomic mass is 35.5. The second kappa shape index (κ2) is 5.51. The number of hydrogen-bond donors (Lipinski definition) is 2. The van der Waals surface area contributed by atoms with Gasteiger partial charge in [0, 0.05) is 10.6 Å². The summed E-state index contributed by atoms with van der Waals surface area (Å²) in [6.45, 7) is 0. The van der Waals surface area contributed by atoms with Gasteiger partial charge in [0.2, 0.25) is 22.8 Å². The number of nitrogens with one attached hydrogen (secondary N) is 1. The lowest BCUT2D eigenvalue weighted by molar-refractivity contribution is 0.391. The molecular weight excluding hydrogens is 300 g/mol. The van der Waals surface area contributed by atoms with E-state index in [1.54, 1.807) is 12.1 Å². The van der Waals surface area contributed by atoms with Crippen LogP contribution in [0.2, 0.25) is 5.02 Å². The van der Waals surface area contributed by atoms with Crippen LogP contribution in [0.25, 0.3) is 11.4 Å². The first-order valence-electron chi connectivity index (χ1n) is 5.60. The van der Waals surface area contributed by atoms with Crippen molar-refractivity contribution in [3.8, 4) is 11.4 Å². The molecule has 3 aromatic rings. The highest BCUT2D eigenvalue weighted by molar-refractivity contribution is 7.98. The molecule has 20 heavy (non-hydrogen) atoms. The predicted molar refractivity (Wildman–Crippen MR) is 75.1 cm³/mol. The third kappa shape index (κ3) is 2.91. The lowest BCUT2D eigenvalue weighted by atomic mass is 10.2. The molecule has 3 rings (SSSR count). The molecule has 1 aromatic carbocycles. The molecule has 102 valence electrons. The van der Waals surface area contributed by atoms with Gasteiger partial charge in [0.05, 0.1) is 5.75 Å². The number of anilines is 1. The molecule has 0 saturated heterocycles. The summed E-state index contributed by atoms with van der Waals surface area (Å²) >= 11 is 7.27. The maximum absolute atomic E-state index is 5.92. The summed E-state index contributed by atoms with van der Waals surface area (Å²) in [7, 11) is 0. The molecule has 3 N–H and O–H groups in total. The molecule has 0 atom stereocenters. The normalized spacial score (nSPS) is 10.8. The van der Waals surface area contributed by atoms with Crippen LogP contribution in [0.15, 0.2) is 33.9 Å². The van der Waals surface area contributed by atoms with E-state index in [2.05, 4.69) is 25.3 Å². The maximum atomic E-state index is 5.92. The van der Waals surface area contributed by atoms with Crippen LogP contribution in [-0.4, -0.2) is 25.3 Å². The van der Waals surface area contributed by atoms with E-state index in [0.29, 0.717) is 27.6 Å². The molecule has 0 amide bonds. The molecule has 0 fully saturated rings. The number of aromatic nitrogens is 5. The Hall–Kier alpha value is -2.06. The summed E-state index contributed by atoms with van der Waals surface area (Å²) in [4.78, 5) is 8.26. The summed E-state index contributed by atoms with van der Waals surface area (Å²) in [5.41, 5.74) is 6.24. The zero-order valence-electron chi connectivity index (χ0n) is 10.1. The van der Waals surface area contributed by atoms with Crippen molar-refractivity contribution in [1.29, 1.82) is 0 Å². The van der Waals surface area contributed by atoms with Crippen LogP contribution in [0.4, 0.5) is 5.95 Å². The minimum atomic E-state index is 0.276. The van der Waals surface area contributed by atoms with Crippen LogP contribution in [0.5, 0.6) is 0 Å². The van der Waals surface area contributed by atoms with Gasteiger partial charge in [0.25, 0.3) is 0 Å². The Morgan fingerprint density at radius 1 is 1.35 bits per heavy atom. The number of thioether (sulfide) groups is 1. The molecule has 0 saturated carbocycles. The van der Waals surface area contributed by atoms with Crippen LogP contribution >= 0.6 is 23.4 Å². The molecule has 0 unspecified atom stereocenters. The zero-order chi connectivity index (χ0) is 13.9. The predicted octanol–water partition coefficient (Wildman–Crippen LogP) is 2.38. The molecule has 0 bridgehead atoms. The molecular formula is C11H9ClN6OS. The highest BCUT2D eigenvalue weighted by Crippen LogP contribution is 2.22. The van der Waals surface area contributed by atoms with Gasteiger partial charge in [0.1, 0.15) is 0 Å². The minimum absolute atomic E-state index is 0.276. The number of nitrogens with two attached hydrogens (primary N) is 1. The third-order valence-electron chi connectivity index (χ3n) is 2.36. The first-order valence-corrected chi connectivity index (χ1v) is 6.96. The van der Waals surface area contributed by atoms with E-state index < -0.39 is 0 Å². The van der Waals surface area contributed by atoms with Crippen LogP contribution in [-0.2, 0) is 5.75 Å². The smallest absolute Gasteiger partial charge is 0.237 e. The van der Waals surface area contributed by atoms with E-state index in [4.69, 9.17) is 21.9 Å². The highest BCUT2D eigenvalue weighted by Gasteiger charge is 2.10. The van der Waals surface area contributed by atoms with Gasteiger partial charge in [-0.25, -0.2) is 5.10 Å². The van der Waals surface area contributed by atoms with Gasteiger partial charge in [-0.05, 0) is 12.1 Å². The van der Waals surface area contributed by atoms with E-state index in [9.17, 15) is 0 Å². The van der Waals surface area contributed by atoms with Crippen LogP contribution < -0.4 is 5.73 Å². The van der Waals surface area contributed by atoms with E-state index in [1.165, 1.54) is 11.8 Å². The average Bonchev–Trinajstić information content (AvgIpc) is 3.05. The maximum Gasteiger partial charge on any atom is 0.237 e. The topological polar surface area (TPSA) is 107 Å². The summed E-state index contributed by atoms with van der Waals surface area (Å²) in [5.74, 6) is 1.72. The van der Waals surface area contributed by atoms with Gasteiger partial charge in [0.15, 0.2) is 0 Å². The standard InChI is InChI=1S/C11H9ClN6OS/c12-7-3-1-2-6(4-7)9-14-8(19-18-9)5-20-11-15-10(13)16-17-11/h1-4H,5H2,(H3,13,15,16,17). The van der Waals surface area contributed by atoms with E-state index in [0.717, 1.165) is 5.56 Å². The van der Waals surface area contributed by atoms with E-state index in [1.807, 2.05) is 12.1 Å². The fourth-order valence-electron chi connectivity index (χ4n) is 1.51. The fraction of sp³-hybridized carbons (Fsp3) is 0.0909. The van der Waals surface area contributed by atoms with E-state index in [-0.39, 0.29) is 5.95 Å². The van der Waals surface area contributed by atoms with E-state index >= 15 is 0 Å². The zero-order valence-corrected chi connectivity index (χ0v) is 11.6. The molecule has 2 heterocycles. The Bertz CT molecular complexity index is 727. The Balaban J connectivity index is 1.70. The Labute approximate surface area is 122 Å². The van der Waals surface area contributed by atoms with Crippen LogP contribution in [0.3, 0.4) is 0 Å². The molecule has 0 aliphatic rings. The lowest BCUT2D eigenvalue weighted by Gasteiger charge is -1.93. The van der Waals surface area contributed by atoms with Crippen molar-refractivity contribution in [2.24, 2.45) is 0 Å². The van der Waals surface area contributed by atoms with Crippen molar-refractivity contribution in [1.82, 2.24) is 25.3 Å². The lowest BCUT2D eigenvalue weighted by Crippen LogP contribution is -1.85. The van der Waals surface area contributed by atoms with Crippen molar-refractivity contribution >= 4 is 29.3 Å². The second-order valence-electron chi connectivity index (χ2n) is 3.81. The summed E-state index contributed by atoms with van der Waals surface area (Å²) in [5, 5.41) is 11.5. The molecule has 7 nitrogen and oxygen atoms in total. The number of halogens is 1. The van der Waals surface area contributed by atoms with Gasteiger partial charge < -0.3 is 10.3 Å². The SMILES string of the molecule is Nc1nc(SCc2nc(-c3cccc(Cl)c3)no2)n[nH]1. The van der Waals surface area contributed by atoms with Crippen molar-refractivity contribution in [2.45, 2.75) is 10.9 Å². The van der Waals surface area contributed by atoms with Crippen molar-refractivity contribution in [3.05, 3.63) is 35.2 Å². The summed E-state index contributed by atoms with van der Waals surface area (Å²) in [6, 6.07) is 7.26. The Morgan fingerprint density at radius 2 is 2.25 bits per heavy atom. The van der Waals surface area contributed by atoms with Crippen LogP contribution in [0, 0.1) is 0 Å². The summed E-state index contributed by atoms with van der Waals surface area (Å²) < 4.78 is 5.17. The second-order valence-corrected chi connectivity index (χ2v) is 5.19. The summed E-state index contributed by atoms with van der Waals surface area (Å²) in [6.07, 6.45) is 0. The fourth-order valence-corrected chi connectivity index (χ4v) is 2.34. The monoisotopic (exact) mass is 308 g/mol. The van der Waals surface area contributed by atoms with Crippen LogP contribution in [0.1, 0.15) is 5.89 Å². The number of rotatable bonds is 4. The number of nitrogens with zero attached hydrogens (tertiary/aromatic N) is 4. The quantitative estimate of drug-likeness (QED) is 0.712. The Kier molecular flexibility index (Phi) is 3.57. The van der Waals surface area contributed by atoms with Crippen molar-refractivity contribution in [3.63, 3.8) is 0 Å². The third-order valence-corrected chi connectivity index (χ3v) is 3.42.